The molecule has 6 heterocycles. The molecule has 4 amide bonds. The molecule has 63 heavy (non-hydrogen) atoms. The van der Waals surface area contributed by atoms with Gasteiger partial charge in [-0.25, -0.2) is 15.2 Å². The van der Waals surface area contributed by atoms with Gasteiger partial charge in [-0.15, -0.1) is 11.3 Å². The minimum absolute atomic E-state index is 0.120. The Morgan fingerprint density at radius 2 is 1.87 bits per heavy atom. The third kappa shape index (κ3) is 9.95. The van der Waals surface area contributed by atoms with Gasteiger partial charge in [-0.2, -0.15) is 0 Å². The first kappa shape index (κ1) is 46.1. The maximum Gasteiger partial charge on any atom is 0.324 e. The highest BCUT2D eigenvalue weighted by molar-refractivity contribution is 7.10. The Bertz CT molecular complexity index is 2300. The smallest absolute Gasteiger partial charge is 0.324 e. The predicted molar refractivity (Wildman–Crippen MR) is 246 cm³/mol. The van der Waals surface area contributed by atoms with Crippen molar-refractivity contribution >= 4 is 46.1 Å². The van der Waals surface area contributed by atoms with E-state index in [2.05, 4.69) is 67.3 Å². The molecule has 5 atom stereocenters. The fraction of sp³-hybridized carbons (Fsp3) is 0.583. The third-order valence-electron chi connectivity index (χ3n) is 13.1. The molecule has 3 aromatic heterocycles. The first-order chi connectivity index (χ1) is 30.1. The van der Waals surface area contributed by atoms with Crippen molar-refractivity contribution in [3.8, 4) is 22.5 Å². The lowest BCUT2D eigenvalue weighted by Gasteiger charge is -2.37. The lowest BCUT2D eigenvalue weighted by Crippen LogP contribution is -2.62. The van der Waals surface area contributed by atoms with E-state index in [0.29, 0.717) is 56.4 Å². The van der Waals surface area contributed by atoms with E-state index in [1.54, 1.807) is 20.4 Å². The number of rotatable bonds is 8. The van der Waals surface area contributed by atoms with Crippen LogP contribution in [0.4, 0.5) is 4.79 Å². The molecule has 7 rings (SSSR count). The van der Waals surface area contributed by atoms with E-state index in [0.717, 1.165) is 63.9 Å². The number of nitrogens with one attached hydrogen (secondary N) is 2. The highest BCUT2D eigenvalue weighted by Crippen LogP contribution is 2.42. The second-order valence-corrected chi connectivity index (χ2v) is 19.8. The molecular formula is C48H66N8O6S. The third-order valence-corrected chi connectivity index (χ3v) is 13.9. The van der Waals surface area contributed by atoms with Crippen molar-refractivity contribution in [2.75, 3.05) is 40.4 Å². The average Bonchev–Trinajstić information content (AvgIpc) is 3.78. The molecule has 1 aromatic carbocycles. The van der Waals surface area contributed by atoms with Crippen LogP contribution in [0.15, 0.2) is 41.9 Å². The zero-order chi connectivity index (χ0) is 45.2. The Balaban J connectivity index is 1.28. The van der Waals surface area contributed by atoms with Crippen LogP contribution >= 0.6 is 11.3 Å². The Labute approximate surface area is 376 Å². The second-order valence-electron chi connectivity index (χ2n) is 18.9. The first-order valence-electron chi connectivity index (χ1n) is 22.7. The zero-order valence-corrected chi connectivity index (χ0v) is 39.3. The zero-order valence-electron chi connectivity index (χ0n) is 38.5. The van der Waals surface area contributed by atoms with Gasteiger partial charge >= 0.3 is 12.0 Å². The summed E-state index contributed by atoms with van der Waals surface area (Å²) in [5, 5.41) is 8.26. The van der Waals surface area contributed by atoms with E-state index in [4.69, 9.17) is 19.4 Å². The van der Waals surface area contributed by atoms with Gasteiger partial charge < -0.3 is 29.2 Å². The van der Waals surface area contributed by atoms with Gasteiger partial charge in [0, 0.05) is 85.8 Å². The average molecular weight is 883 g/mol. The highest BCUT2D eigenvalue weighted by atomic mass is 32.1. The number of carbonyl (C=O) groups excluding carboxylic acids is 4. The number of cyclic esters (lactones) is 1. The summed E-state index contributed by atoms with van der Waals surface area (Å²) in [4.78, 5) is 70.1. The first-order valence-corrected chi connectivity index (χ1v) is 23.6. The number of fused-ring (bicyclic) bond motifs is 6. The van der Waals surface area contributed by atoms with Crippen LogP contribution in [-0.2, 0) is 43.2 Å². The molecule has 6 bridgehead atoms. The quantitative estimate of drug-likeness (QED) is 0.173. The number of hydrogen-bond acceptors (Lipinski definition) is 10. The van der Waals surface area contributed by atoms with Gasteiger partial charge in [0.05, 0.1) is 34.8 Å². The molecule has 2 N–H and O–H groups in total. The lowest BCUT2D eigenvalue weighted by molar-refractivity contribution is -0.155. The topological polar surface area (TPSA) is 151 Å². The summed E-state index contributed by atoms with van der Waals surface area (Å²) >= 11 is 1.44. The fourth-order valence-corrected chi connectivity index (χ4v) is 10.4. The largest absolute Gasteiger partial charge is 0.464 e. The van der Waals surface area contributed by atoms with Crippen molar-refractivity contribution in [1.82, 2.24) is 40.1 Å². The molecule has 2 saturated heterocycles. The molecule has 2 fully saturated rings. The molecule has 0 radical (unpaired) electrons. The Kier molecular flexibility index (Phi) is 14.3. The van der Waals surface area contributed by atoms with E-state index >= 15 is 0 Å². The number of pyridine rings is 1. The lowest BCUT2D eigenvalue weighted by atomic mass is 9.84. The van der Waals surface area contributed by atoms with Gasteiger partial charge in [-0.1, -0.05) is 40.7 Å². The highest BCUT2D eigenvalue weighted by Gasteiger charge is 2.39. The molecule has 14 nitrogen and oxygen atoms in total. The van der Waals surface area contributed by atoms with Crippen molar-refractivity contribution in [1.29, 1.82) is 0 Å². The van der Waals surface area contributed by atoms with Crippen LogP contribution in [0.1, 0.15) is 103 Å². The predicted octanol–water partition coefficient (Wildman–Crippen LogP) is 7.40. The number of esters is 1. The molecule has 340 valence electrons. The molecule has 3 aliphatic heterocycles. The number of hydrazine groups is 1. The number of aromatic nitrogens is 3. The number of urea groups is 1. The van der Waals surface area contributed by atoms with Crippen LogP contribution < -0.4 is 10.7 Å². The number of nitrogens with zero attached hydrogens (tertiary/aromatic N) is 6. The number of likely N-dealkylation sites (N-methyl/N-ethyl adjacent to an activating group) is 1. The number of aryl methyl sites for hydroxylation is 1. The van der Waals surface area contributed by atoms with Crippen molar-refractivity contribution in [3.05, 3.63) is 58.2 Å². The number of amides is 4. The summed E-state index contributed by atoms with van der Waals surface area (Å²) in [6, 6.07) is 7.69. The van der Waals surface area contributed by atoms with Crippen LogP contribution in [0.5, 0.6) is 0 Å². The van der Waals surface area contributed by atoms with Crippen LogP contribution in [0.2, 0.25) is 0 Å². The summed E-state index contributed by atoms with van der Waals surface area (Å²) in [7, 11) is 3.37. The van der Waals surface area contributed by atoms with Gasteiger partial charge in [0.15, 0.2) is 0 Å². The summed E-state index contributed by atoms with van der Waals surface area (Å²) in [6.07, 6.45) is 6.23. The number of hydrogen-bond donors (Lipinski definition) is 2. The van der Waals surface area contributed by atoms with Gasteiger partial charge in [-0.3, -0.25) is 24.4 Å². The summed E-state index contributed by atoms with van der Waals surface area (Å²) < 4.78 is 14.3. The molecule has 15 heteroatoms. The Morgan fingerprint density at radius 1 is 1.10 bits per heavy atom. The van der Waals surface area contributed by atoms with Crippen LogP contribution in [0, 0.1) is 17.3 Å². The van der Waals surface area contributed by atoms with Crippen molar-refractivity contribution in [3.63, 3.8) is 0 Å². The molecule has 4 aromatic rings. The minimum Gasteiger partial charge on any atom is -0.464 e. The van der Waals surface area contributed by atoms with Gasteiger partial charge in [-0.05, 0) is 94.0 Å². The van der Waals surface area contributed by atoms with Crippen molar-refractivity contribution in [2.45, 2.75) is 124 Å². The van der Waals surface area contributed by atoms with Crippen LogP contribution in [0.3, 0.4) is 0 Å². The minimum atomic E-state index is -1.03. The Hall–Kier alpha value is -4.86. The fourth-order valence-electron chi connectivity index (χ4n) is 9.54. The van der Waals surface area contributed by atoms with Gasteiger partial charge in [0.2, 0.25) is 5.91 Å². The molecule has 3 aliphatic rings. The van der Waals surface area contributed by atoms with Gasteiger partial charge in [0.1, 0.15) is 18.1 Å². The van der Waals surface area contributed by atoms with Crippen LogP contribution in [0.25, 0.3) is 33.4 Å². The van der Waals surface area contributed by atoms with Crippen LogP contribution in [-0.4, -0.2) is 112 Å². The normalized spacial score (nSPS) is 22.0. The van der Waals surface area contributed by atoms with E-state index in [1.165, 1.54) is 21.2 Å². The summed E-state index contributed by atoms with van der Waals surface area (Å²) in [5.41, 5.74) is 9.43. The molecular weight excluding hydrogens is 817 g/mol. The SMILES string of the molecule is CCn1c(-c2cccnc2[C@H](C)OC)c2c3cc(ccc31)-c1csc(n1)C[C@H](NC(=O)[C@H](C(C)C)N(C)C(=O)N1CCC[C@@H](C)CC1)C(=O)N1CCC[C@H](N1)C(=O)OCC(C)(C)C2. The van der Waals surface area contributed by atoms with Gasteiger partial charge in [0.25, 0.3) is 5.91 Å². The van der Waals surface area contributed by atoms with E-state index in [9.17, 15) is 19.2 Å². The maximum atomic E-state index is 14.6. The summed E-state index contributed by atoms with van der Waals surface area (Å²) in [5.74, 6) is -0.928. The summed E-state index contributed by atoms with van der Waals surface area (Å²) in [6.45, 7) is 16.9. The second kappa shape index (κ2) is 19.5. The standard InChI is InChI=1S/C48H66N8O6S/c1-10-55-39-18-17-32-24-34(39)35(43(55)33-15-11-20-49-41(33)31(5)61-9)26-48(6,7)28-62-46(59)36-16-13-22-56(52-36)45(58)37(25-40-50-38(32)27-63-40)51-44(57)42(29(2)3)53(8)47(60)54-21-12-14-30(4)19-23-54/h11,15,17-18,20,24,27,29-31,36-37,42,52H,10,12-14,16,19,21-23,25-26,28H2,1-9H3,(H,51,57)/t30-,31+,36+,37+,42+/m1/s1. The number of methoxy groups -OCH3 is 1. The van der Waals surface area contributed by atoms with E-state index in [-0.39, 0.29) is 37.0 Å². The number of ether oxygens (including phenoxy) is 2. The number of likely N-dealkylation sites (tertiary alicyclic amines) is 1. The molecule has 0 unspecified atom stereocenters. The Morgan fingerprint density at radius 3 is 2.62 bits per heavy atom. The van der Waals surface area contributed by atoms with E-state index < -0.39 is 35.4 Å². The molecule has 0 spiro atoms. The number of thiazole rings is 1. The molecule has 0 saturated carbocycles. The maximum absolute atomic E-state index is 14.6. The van der Waals surface area contributed by atoms with E-state index in [1.807, 2.05) is 37.1 Å². The number of benzene rings is 1. The number of carbonyl (C=O) groups is 4. The molecule has 0 aliphatic carbocycles. The van der Waals surface area contributed by atoms with Crippen molar-refractivity contribution < 1.29 is 28.7 Å². The van der Waals surface area contributed by atoms with Crippen molar-refractivity contribution in [2.24, 2.45) is 17.3 Å². The monoisotopic (exact) mass is 882 g/mol.